The zero-order valence-electron chi connectivity index (χ0n) is 12.1. The molecule has 0 aliphatic carbocycles. The largest absolute Gasteiger partial charge is 0.322 e. The van der Waals surface area contributed by atoms with Gasteiger partial charge in [-0.15, -0.1) is 0 Å². The number of hydrogen-bond acceptors (Lipinski definition) is 6. The molecule has 0 fully saturated rings. The van der Waals surface area contributed by atoms with Crippen LogP contribution in [0.1, 0.15) is 0 Å². The summed E-state index contributed by atoms with van der Waals surface area (Å²) >= 11 is 0. The third kappa shape index (κ3) is 3.17. The van der Waals surface area contributed by atoms with Gasteiger partial charge in [-0.05, 0) is 12.1 Å². The lowest BCUT2D eigenvalue weighted by Gasteiger charge is -2.22. The van der Waals surface area contributed by atoms with Crippen LogP contribution >= 0.6 is 0 Å². The summed E-state index contributed by atoms with van der Waals surface area (Å²) in [7, 11) is 0. The minimum Gasteiger partial charge on any atom is -0.322 e. The third-order valence-electron chi connectivity index (χ3n) is 3.12. The summed E-state index contributed by atoms with van der Waals surface area (Å²) in [6.07, 6.45) is 0. The Morgan fingerprint density at radius 1 is 1.08 bits per heavy atom. The number of amides is 1. The maximum Gasteiger partial charge on any atom is 0.311 e. The standard InChI is InChI=1S/C14H11FN4O5/c15-10-6-12(13(19(23)24)7-11(10)18(21)22)17(14(20)8-16)9-4-2-1-3-5-9/h1-7H,8,16H2. The van der Waals surface area contributed by atoms with E-state index in [0.717, 1.165) is 4.90 Å². The molecular weight excluding hydrogens is 323 g/mol. The number of carbonyl (C=O) groups is 1. The van der Waals surface area contributed by atoms with Gasteiger partial charge in [-0.25, -0.2) is 0 Å². The predicted molar refractivity (Wildman–Crippen MR) is 82.4 cm³/mol. The van der Waals surface area contributed by atoms with Crippen molar-refractivity contribution < 1.29 is 19.0 Å². The maximum atomic E-state index is 14.0. The van der Waals surface area contributed by atoms with Crippen LogP contribution in [0, 0.1) is 26.0 Å². The molecule has 0 saturated carbocycles. The van der Waals surface area contributed by atoms with Crippen LogP contribution in [0.3, 0.4) is 0 Å². The second-order valence-corrected chi connectivity index (χ2v) is 4.58. The van der Waals surface area contributed by atoms with Crippen LogP contribution in [0.5, 0.6) is 0 Å². The van der Waals surface area contributed by atoms with E-state index in [1.807, 2.05) is 0 Å². The van der Waals surface area contributed by atoms with Crippen LogP contribution in [0.25, 0.3) is 0 Å². The zero-order valence-corrected chi connectivity index (χ0v) is 12.1. The fourth-order valence-corrected chi connectivity index (χ4v) is 2.09. The molecule has 0 heterocycles. The van der Waals surface area contributed by atoms with Crippen molar-refractivity contribution in [3.8, 4) is 0 Å². The molecule has 2 rings (SSSR count). The van der Waals surface area contributed by atoms with Crippen molar-refractivity contribution in [3.63, 3.8) is 0 Å². The van der Waals surface area contributed by atoms with Gasteiger partial charge in [-0.3, -0.25) is 29.9 Å². The topological polar surface area (TPSA) is 133 Å². The number of nitro groups is 2. The average Bonchev–Trinajstić information content (AvgIpc) is 2.55. The lowest BCUT2D eigenvalue weighted by molar-refractivity contribution is -0.395. The summed E-state index contributed by atoms with van der Waals surface area (Å²) in [5.74, 6) is -2.04. The number of nitro benzene ring substituents is 2. The molecule has 124 valence electrons. The van der Waals surface area contributed by atoms with Gasteiger partial charge in [-0.1, -0.05) is 18.2 Å². The summed E-state index contributed by atoms with van der Waals surface area (Å²) in [4.78, 5) is 33.0. The van der Waals surface area contributed by atoms with Crippen LogP contribution < -0.4 is 10.6 Å². The van der Waals surface area contributed by atoms with Gasteiger partial charge < -0.3 is 5.73 Å². The highest BCUT2D eigenvalue weighted by molar-refractivity contribution is 6.03. The molecule has 0 spiro atoms. The quantitative estimate of drug-likeness (QED) is 0.658. The van der Waals surface area contributed by atoms with E-state index in [1.165, 1.54) is 12.1 Å². The Bertz CT molecular complexity index is 812. The summed E-state index contributed by atoms with van der Waals surface area (Å²) in [6.45, 7) is -0.495. The molecule has 2 aromatic carbocycles. The number of anilines is 2. The molecular formula is C14H11FN4O5. The first kappa shape index (κ1) is 17.0. The molecule has 10 heteroatoms. The van der Waals surface area contributed by atoms with Gasteiger partial charge in [0.2, 0.25) is 11.7 Å². The van der Waals surface area contributed by atoms with E-state index in [4.69, 9.17) is 5.73 Å². The summed E-state index contributed by atoms with van der Waals surface area (Å²) < 4.78 is 14.0. The summed E-state index contributed by atoms with van der Waals surface area (Å²) in [6, 6.07) is 8.79. The number of nitrogens with two attached hydrogens (primary N) is 1. The van der Waals surface area contributed by atoms with Crippen molar-refractivity contribution in [2.45, 2.75) is 0 Å². The molecule has 1 amide bonds. The molecule has 0 aliphatic heterocycles. The van der Waals surface area contributed by atoms with Gasteiger partial charge in [0.25, 0.3) is 5.69 Å². The Morgan fingerprint density at radius 3 is 2.17 bits per heavy atom. The van der Waals surface area contributed by atoms with Crippen molar-refractivity contribution in [2.75, 3.05) is 11.4 Å². The average molecular weight is 334 g/mol. The number of halogens is 1. The van der Waals surface area contributed by atoms with E-state index in [2.05, 4.69) is 0 Å². The Morgan fingerprint density at radius 2 is 1.67 bits per heavy atom. The first-order valence-electron chi connectivity index (χ1n) is 6.57. The van der Waals surface area contributed by atoms with Gasteiger partial charge in [0.05, 0.1) is 22.5 Å². The van der Waals surface area contributed by atoms with E-state index in [-0.39, 0.29) is 5.69 Å². The monoisotopic (exact) mass is 334 g/mol. The Balaban J connectivity index is 2.74. The first-order chi connectivity index (χ1) is 11.4. The highest BCUT2D eigenvalue weighted by atomic mass is 19.1. The highest BCUT2D eigenvalue weighted by Crippen LogP contribution is 2.37. The minimum absolute atomic E-state index is 0.212. The van der Waals surface area contributed by atoms with E-state index >= 15 is 0 Å². The minimum atomic E-state index is -1.30. The van der Waals surface area contributed by atoms with Crippen molar-refractivity contribution in [3.05, 3.63) is 68.5 Å². The molecule has 0 aliphatic rings. The smallest absolute Gasteiger partial charge is 0.311 e. The van der Waals surface area contributed by atoms with Crippen LogP contribution in [-0.2, 0) is 4.79 Å². The summed E-state index contributed by atoms with van der Waals surface area (Å²) in [5, 5.41) is 22.0. The first-order valence-corrected chi connectivity index (χ1v) is 6.57. The number of rotatable bonds is 5. The van der Waals surface area contributed by atoms with Crippen molar-refractivity contribution in [1.29, 1.82) is 0 Å². The van der Waals surface area contributed by atoms with Crippen molar-refractivity contribution >= 4 is 28.7 Å². The molecule has 0 radical (unpaired) electrons. The van der Waals surface area contributed by atoms with E-state index in [9.17, 15) is 29.4 Å². The van der Waals surface area contributed by atoms with Crippen LogP contribution in [0.4, 0.5) is 27.1 Å². The number of hydrogen-bond donors (Lipinski definition) is 1. The molecule has 0 aromatic heterocycles. The van der Waals surface area contributed by atoms with Gasteiger partial charge in [0.1, 0.15) is 5.69 Å². The maximum absolute atomic E-state index is 14.0. The fourth-order valence-electron chi connectivity index (χ4n) is 2.09. The Labute approximate surface area is 134 Å². The number of benzene rings is 2. The normalized spacial score (nSPS) is 10.2. The SMILES string of the molecule is NCC(=O)N(c1ccccc1)c1cc(F)c([N+](=O)[O-])cc1[N+](=O)[O-]. The lowest BCUT2D eigenvalue weighted by Crippen LogP contribution is -2.32. The summed E-state index contributed by atoms with van der Waals surface area (Å²) in [5.41, 5.74) is 3.26. The second-order valence-electron chi connectivity index (χ2n) is 4.58. The molecule has 0 atom stereocenters. The molecule has 9 nitrogen and oxygen atoms in total. The van der Waals surface area contributed by atoms with Crippen LogP contribution in [0.2, 0.25) is 0 Å². The van der Waals surface area contributed by atoms with E-state index < -0.39 is 45.2 Å². The number of carbonyl (C=O) groups excluding carboxylic acids is 1. The molecule has 2 aromatic rings. The molecule has 24 heavy (non-hydrogen) atoms. The second kappa shape index (κ2) is 6.79. The van der Waals surface area contributed by atoms with E-state index in [1.54, 1.807) is 18.2 Å². The predicted octanol–water partition coefficient (Wildman–Crippen LogP) is 2.27. The number of para-hydroxylation sites is 1. The van der Waals surface area contributed by atoms with Gasteiger partial charge in [-0.2, -0.15) is 4.39 Å². The van der Waals surface area contributed by atoms with Gasteiger partial charge in [0, 0.05) is 11.8 Å². The van der Waals surface area contributed by atoms with E-state index in [0.29, 0.717) is 12.1 Å². The molecule has 0 saturated heterocycles. The lowest BCUT2D eigenvalue weighted by atomic mass is 10.1. The van der Waals surface area contributed by atoms with Crippen molar-refractivity contribution in [2.24, 2.45) is 5.73 Å². The Hall–Kier alpha value is -3.40. The highest BCUT2D eigenvalue weighted by Gasteiger charge is 2.30. The zero-order chi connectivity index (χ0) is 17.9. The third-order valence-corrected chi connectivity index (χ3v) is 3.12. The molecule has 0 bridgehead atoms. The molecule has 2 N–H and O–H groups in total. The van der Waals surface area contributed by atoms with Gasteiger partial charge in [0.15, 0.2) is 0 Å². The van der Waals surface area contributed by atoms with Crippen LogP contribution in [-0.4, -0.2) is 22.3 Å². The van der Waals surface area contributed by atoms with Crippen molar-refractivity contribution in [1.82, 2.24) is 0 Å². The molecule has 0 unspecified atom stereocenters. The van der Waals surface area contributed by atoms with Crippen LogP contribution in [0.15, 0.2) is 42.5 Å². The Kier molecular flexibility index (Phi) is 4.80. The fraction of sp³-hybridized carbons (Fsp3) is 0.0714. The van der Waals surface area contributed by atoms with Gasteiger partial charge >= 0.3 is 5.69 Å². The number of nitrogens with zero attached hydrogens (tertiary/aromatic N) is 3.